The number of nitriles is 1. The Morgan fingerprint density at radius 1 is 1.21 bits per heavy atom. The molecule has 0 saturated carbocycles. The number of aromatic nitrogens is 2. The summed E-state index contributed by atoms with van der Waals surface area (Å²) >= 11 is 7.86. The number of anilines is 1. The van der Waals surface area contributed by atoms with Crippen LogP contribution >= 0.6 is 23.4 Å². The summed E-state index contributed by atoms with van der Waals surface area (Å²) in [4.78, 5) is 15.1. The van der Waals surface area contributed by atoms with E-state index in [-0.39, 0.29) is 17.8 Å². The van der Waals surface area contributed by atoms with Crippen molar-refractivity contribution >= 4 is 35.1 Å². The molecule has 0 aliphatic carbocycles. The number of amides is 1. The molecule has 0 spiro atoms. The fraction of sp³-hybridized carbons (Fsp3) is 0.190. The van der Waals surface area contributed by atoms with Crippen LogP contribution in [-0.4, -0.2) is 38.6 Å². The van der Waals surface area contributed by atoms with Crippen molar-refractivity contribution in [2.24, 2.45) is 0 Å². The minimum absolute atomic E-state index is 0.0112. The summed E-state index contributed by atoms with van der Waals surface area (Å²) in [5, 5.41) is 13.9. The Bertz CT molecular complexity index is 1070. The van der Waals surface area contributed by atoms with E-state index in [1.54, 1.807) is 24.3 Å². The molecular weight excluding hydrogens is 406 g/mol. The fourth-order valence-electron chi connectivity index (χ4n) is 3.37. The molecule has 1 atom stereocenters. The number of nitrogen functional groups attached to an aromatic ring is 1. The summed E-state index contributed by atoms with van der Waals surface area (Å²) < 4.78 is 1.49. The summed E-state index contributed by atoms with van der Waals surface area (Å²) in [6.45, 7) is 0.691. The van der Waals surface area contributed by atoms with E-state index in [4.69, 9.17) is 22.6 Å². The second-order valence-electron chi connectivity index (χ2n) is 6.65. The van der Waals surface area contributed by atoms with Crippen LogP contribution in [-0.2, 0) is 0 Å². The molecule has 1 saturated heterocycles. The molecule has 2 heterocycles. The summed E-state index contributed by atoms with van der Waals surface area (Å²) in [5.74, 6) is 2.03. The summed E-state index contributed by atoms with van der Waals surface area (Å²) in [6, 6.07) is 16.8. The molecule has 2 N–H and O–H groups in total. The highest BCUT2D eigenvalue weighted by molar-refractivity contribution is 7.99. The smallest absolute Gasteiger partial charge is 0.254 e. The number of hydrogen-bond acceptors (Lipinski definition) is 5. The van der Waals surface area contributed by atoms with E-state index in [0.717, 1.165) is 17.1 Å². The molecule has 146 valence electrons. The molecule has 1 aliphatic rings. The Balaban J connectivity index is 1.58. The predicted molar refractivity (Wildman–Crippen MR) is 115 cm³/mol. The van der Waals surface area contributed by atoms with Gasteiger partial charge in [0, 0.05) is 28.6 Å². The monoisotopic (exact) mass is 423 g/mol. The largest absolute Gasteiger partial charge is 0.382 e. The third kappa shape index (κ3) is 3.82. The first-order valence-electron chi connectivity index (χ1n) is 9.06. The average molecular weight is 424 g/mol. The lowest BCUT2D eigenvalue weighted by Crippen LogP contribution is -2.40. The maximum Gasteiger partial charge on any atom is 0.254 e. The molecule has 1 amide bonds. The number of benzene rings is 2. The molecule has 1 aromatic heterocycles. The Morgan fingerprint density at radius 2 is 1.93 bits per heavy atom. The van der Waals surface area contributed by atoms with E-state index in [0.29, 0.717) is 28.4 Å². The van der Waals surface area contributed by atoms with E-state index in [2.05, 4.69) is 5.10 Å². The molecule has 1 aliphatic heterocycles. The lowest BCUT2D eigenvalue weighted by molar-refractivity contribution is 0.0701. The van der Waals surface area contributed by atoms with Crippen LogP contribution in [0.5, 0.6) is 0 Å². The van der Waals surface area contributed by atoms with Crippen LogP contribution in [0.25, 0.3) is 5.69 Å². The van der Waals surface area contributed by atoms with Crippen LogP contribution in [0.1, 0.15) is 27.5 Å². The highest BCUT2D eigenvalue weighted by Crippen LogP contribution is 2.31. The van der Waals surface area contributed by atoms with Crippen LogP contribution in [0, 0.1) is 11.3 Å². The van der Waals surface area contributed by atoms with Gasteiger partial charge < -0.3 is 10.6 Å². The van der Waals surface area contributed by atoms with Gasteiger partial charge in [-0.1, -0.05) is 23.7 Å². The zero-order valence-corrected chi connectivity index (χ0v) is 17.0. The lowest BCUT2D eigenvalue weighted by atomic mass is 10.0. The number of carbonyl (C=O) groups is 1. The van der Waals surface area contributed by atoms with Crippen LogP contribution in [0.3, 0.4) is 0 Å². The molecule has 29 heavy (non-hydrogen) atoms. The van der Waals surface area contributed by atoms with Gasteiger partial charge in [-0.15, -0.1) is 0 Å². The molecule has 0 bridgehead atoms. The summed E-state index contributed by atoms with van der Waals surface area (Å²) in [5.41, 5.74) is 8.65. The third-order valence-electron chi connectivity index (χ3n) is 4.93. The van der Waals surface area contributed by atoms with Crippen molar-refractivity contribution in [3.8, 4) is 11.8 Å². The normalized spacial score (nSPS) is 16.4. The molecule has 3 aromatic rings. The minimum atomic E-state index is -0.0112. The number of carbonyl (C=O) groups excluding carboxylic acids is 1. The Kier molecular flexibility index (Phi) is 5.47. The highest BCUT2D eigenvalue weighted by Gasteiger charge is 2.29. The zero-order valence-electron chi connectivity index (χ0n) is 15.5. The summed E-state index contributed by atoms with van der Waals surface area (Å²) in [6.07, 6.45) is 1.43. The Hall–Kier alpha value is -2.95. The van der Waals surface area contributed by atoms with Crippen LogP contribution in [0.4, 0.5) is 5.82 Å². The van der Waals surface area contributed by atoms with E-state index in [1.807, 2.05) is 47.0 Å². The van der Waals surface area contributed by atoms with Gasteiger partial charge in [0.1, 0.15) is 17.5 Å². The number of nitrogens with zero attached hydrogens (tertiary/aromatic N) is 4. The lowest BCUT2D eigenvalue weighted by Gasteiger charge is -2.36. The van der Waals surface area contributed by atoms with Crippen molar-refractivity contribution < 1.29 is 4.79 Å². The van der Waals surface area contributed by atoms with E-state index >= 15 is 0 Å². The first-order chi connectivity index (χ1) is 14.1. The molecule has 0 unspecified atom stereocenters. The maximum atomic E-state index is 13.2. The van der Waals surface area contributed by atoms with Gasteiger partial charge in [-0.25, -0.2) is 4.68 Å². The SMILES string of the molecule is N#Cc1cnn(-c2ccc(C(=O)N3CCSC[C@H]3c3ccc(Cl)cc3)cc2)c1N. The van der Waals surface area contributed by atoms with E-state index < -0.39 is 0 Å². The van der Waals surface area contributed by atoms with Crippen molar-refractivity contribution in [3.05, 3.63) is 76.4 Å². The third-order valence-corrected chi connectivity index (χ3v) is 6.20. The van der Waals surface area contributed by atoms with Gasteiger partial charge in [-0.2, -0.15) is 22.1 Å². The van der Waals surface area contributed by atoms with E-state index in [9.17, 15) is 4.79 Å². The minimum Gasteiger partial charge on any atom is -0.382 e. The van der Waals surface area contributed by atoms with Gasteiger partial charge >= 0.3 is 0 Å². The second-order valence-corrected chi connectivity index (χ2v) is 8.24. The van der Waals surface area contributed by atoms with Crippen molar-refractivity contribution in [3.63, 3.8) is 0 Å². The average Bonchev–Trinajstić information content (AvgIpc) is 3.14. The molecular formula is C21H18ClN5OS. The molecule has 1 fully saturated rings. The number of halogens is 1. The zero-order chi connectivity index (χ0) is 20.4. The quantitative estimate of drug-likeness (QED) is 0.690. The molecule has 0 radical (unpaired) electrons. The van der Waals surface area contributed by atoms with Gasteiger partial charge in [0.05, 0.1) is 17.9 Å². The van der Waals surface area contributed by atoms with Crippen LogP contribution in [0.15, 0.2) is 54.7 Å². The van der Waals surface area contributed by atoms with Gasteiger partial charge in [-0.3, -0.25) is 4.79 Å². The molecule has 2 aromatic carbocycles. The molecule has 6 nitrogen and oxygen atoms in total. The van der Waals surface area contributed by atoms with Crippen LogP contribution < -0.4 is 5.73 Å². The number of nitrogens with two attached hydrogens (primary N) is 1. The van der Waals surface area contributed by atoms with Crippen molar-refractivity contribution in [1.29, 1.82) is 5.26 Å². The highest BCUT2D eigenvalue weighted by atomic mass is 35.5. The van der Waals surface area contributed by atoms with Crippen LogP contribution in [0.2, 0.25) is 5.02 Å². The predicted octanol–water partition coefficient (Wildman–Crippen LogP) is 3.91. The maximum absolute atomic E-state index is 13.2. The van der Waals surface area contributed by atoms with Crippen molar-refractivity contribution in [1.82, 2.24) is 14.7 Å². The fourth-order valence-corrected chi connectivity index (χ4v) is 4.58. The van der Waals surface area contributed by atoms with E-state index in [1.165, 1.54) is 10.9 Å². The first kappa shape index (κ1) is 19.4. The summed E-state index contributed by atoms with van der Waals surface area (Å²) in [7, 11) is 0. The van der Waals surface area contributed by atoms with Gasteiger partial charge in [0.15, 0.2) is 0 Å². The van der Waals surface area contributed by atoms with Gasteiger partial charge in [0.25, 0.3) is 5.91 Å². The number of thioether (sulfide) groups is 1. The molecule has 4 rings (SSSR count). The number of hydrogen-bond donors (Lipinski definition) is 1. The molecule has 8 heteroatoms. The van der Waals surface area contributed by atoms with Gasteiger partial charge in [0.2, 0.25) is 0 Å². The van der Waals surface area contributed by atoms with Crippen molar-refractivity contribution in [2.75, 3.05) is 23.8 Å². The topological polar surface area (TPSA) is 87.9 Å². The Labute approximate surface area is 177 Å². The Morgan fingerprint density at radius 3 is 2.59 bits per heavy atom. The van der Waals surface area contributed by atoms with Gasteiger partial charge in [-0.05, 0) is 42.0 Å². The standard InChI is InChI=1S/C21H18ClN5OS/c22-17-5-1-14(2-6-17)19-13-29-10-9-26(19)21(28)15-3-7-18(8-4-15)27-20(24)16(11-23)12-25-27/h1-8,12,19H,9-10,13,24H2/t19-/m0/s1. The second kappa shape index (κ2) is 8.19. The van der Waals surface area contributed by atoms with Crippen molar-refractivity contribution in [2.45, 2.75) is 6.04 Å². The number of rotatable bonds is 3. The first-order valence-corrected chi connectivity index (χ1v) is 10.6.